The van der Waals surface area contributed by atoms with Crippen LogP contribution in [0.25, 0.3) is 0 Å². The molecule has 0 heterocycles. The third-order valence-electron chi connectivity index (χ3n) is 4.95. The largest absolute Gasteiger partial charge is 0.497 e. The molecule has 0 radical (unpaired) electrons. The SMILES string of the molecule is COc1ccc(CCC(=O)Nc2ccccc2C(=O)OCC(=O)N(C(C)C)C(C)C)cc1. The molecule has 2 aromatic rings. The van der Waals surface area contributed by atoms with Gasteiger partial charge in [0.15, 0.2) is 6.61 Å². The van der Waals surface area contributed by atoms with Crippen LogP contribution in [0.4, 0.5) is 5.69 Å². The molecule has 2 amide bonds. The Balaban J connectivity index is 1.96. The summed E-state index contributed by atoms with van der Waals surface area (Å²) >= 11 is 0. The minimum Gasteiger partial charge on any atom is -0.497 e. The lowest BCUT2D eigenvalue weighted by Crippen LogP contribution is -2.44. The second kappa shape index (κ2) is 11.9. The lowest BCUT2D eigenvalue weighted by atomic mass is 10.1. The van der Waals surface area contributed by atoms with Gasteiger partial charge in [-0.2, -0.15) is 0 Å². The van der Waals surface area contributed by atoms with Crippen LogP contribution in [0.15, 0.2) is 48.5 Å². The lowest BCUT2D eigenvalue weighted by Gasteiger charge is -2.30. The molecule has 0 aliphatic carbocycles. The first-order chi connectivity index (χ1) is 15.2. The zero-order valence-corrected chi connectivity index (χ0v) is 19.4. The molecule has 0 fully saturated rings. The number of amides is 2. The minimum absolute atomic E-state index is 0.00141. The number of carbonyl (C=O) groups is 3. The van der Waals surface area contributed by atoms with Crippen LogP contribution in [0.3, 0.4) is 0 Å². The summed E-state index contributed by atoms with van der Waals surface area (Å²) in [4.78, 5) is 39.2. The molecule has 32 heavy (non-hydrogen) atoms. The summed E-state index contributed by atoms with van der Waals surface area (Å²) in [5, 5.41) is 2.77. The molecule has 172 valence electrons. The van der Waals surface area contributed by atoms with Crippen molar-refractivity contribution in [3.63, 3.8) is 0 Å². The molecule has 7 heteroatoms. The molecule has 0 spiro atoms. The average molecular weight is 441 g/mol. The topological polar surface area (TPSA) is 84.9 Å². The van der Waals surface area contributed by atoms with Crippen molar-refractivity contribution in [3.05, 3.63) is 59.7 Å². The number of carbonyl (C=O) groups excluding carboxylic acids is 3. The number of rotatable bonds is 10. The molecule has 0 saturated heterocycles. The van der Waals surface area contributed by atoms with Crippen molar-refractivity contribution in [2.45, 2.75) is 52.6 Å². The number of benzene rings is 2. The van der Waals surface area contributed by atoms with Crippen LogP contribution in [-0.4, -0.2) is 48.5 Å². The van der Waals surface area contributed by atoms with Crippen LogP contribution >= 0.6 is 0 Å². The quantitative estimate of drug-likeness (QED) is 0.563. The van der Waals surface area contributed by atoms with Gasteiger partial charge in [-0.1, -0.05) is 24.3 Å². The molecule has 0 atom stereocenters. The first kappa shape index (κ1) is 24.9. The Morgan fingerprint density at radius 2 is 1.56 bits per heavy atom. The van der Waals surface area contributed by atoms with Gasteiger partial charge < -0.3 is 19.7 Å². The van der Waals surface area contributed by atoms with E-state index >= 15 is 0 Å². The van der Waals surface area contributed by atoms with Gasteiger partial charge in [-0.3, -0.25) is 9.59 Å². The standard InChI is InChI=1S/C25H32N2O5/c1-17(2)27(18(3)4)24(29)16-32-25(30)21-8-6-7-9-22(21)26-23(28)15-12-19-10-13-20(31-5)14-11-19/h6-11,13-14,17-18H,12,15-16H2,1-5H3,(H,26,28). The molecular weight excluding hydrogens is 408 g/mol. The van der Waals surface area contributed by atoms with E-state index in [9.17, 15) is 14.4 Å². The Morgan fingerprint density at radius 1 is 0.938 bits per heavy atom. The Kier molecular flexibility index (Phi) is 9.25. The maximum atomic E-state index is 12.6. The summed E-state index contributed by atoms with van der Waals surface area (Å²) in [6.07, 6.45) is 0.809. The van der Waals surface area contributed by atoms with Gasteiger partial charge in [0, 0.05) is 18.5 Å². The van der Waals surface area contributed by atoms with E-state index in [4.69, 9.17) is 9.47 Å². The number of ether oxygens (including phenoxy) is 2. The summed E-state index contributed by atoms with van der Waals surface area (Å²) in [5.74, 6) is -0.377. The number of nitrogens with zero attached hydrogens (tertiary/aromatic N) is 1. The van der Waals surface area contributed by atoms with E-state index in [1.165, 1.54) is 0 Å². The first-order valence-corrected chi connectivity index (χ1v) is 10.7. The maximum Gasteiger partial charge on any atom is 0.340 e. The van der Waals surface area contributed by atoms with E-state index in [1.807, 2.05) is 52.0 Å². The summed E-state index contributed by atoms with van der Waals surface area (Å²) in [5.41, 5.74) is 1.57. The molecule has 1 N–H and O–H groups in total. The third kappa shape index (κ3) is 7.11. The lowest BCUT2D eigenvalue weighted by molar-refractivity contribution is -0.138. The fourth-order valence-electron chi connectivity index (χ4n) is 3.48. The average Bonchev–Trinajstić information content (AvgIpc) is 2.76. The molecule has 7 nitrogen and oxygen atoms in total. The fraction of sp³-hybridized carbons (Fsp3) is 0.400. The van der Waals surface area contributed by atoms with Crippen molar-refractivity contribution >= 4 is 23.5 Å². The monoisotopic (exact) mass is 440 g/mol. The van der Waals surface area contributed by atoms with Gasteiger partial charge in [-0.25, -0.2) is 4.79 Å². The van der Waals surface area contributed by atoms with Crippen LogP contribution in [0, 0.1) is 0 Å². The van der Waals surface area contributed by atoms with Crippen molar-refractivity contribution in [1.29, 1.82) is 0 Å². The maximum absolute atomic E-state index is 12.6. The summed E-state index contributed by atoms with van der Waals surface area (Å²) in [7, 11) is 1.60. The Bertz CT molecular complexity index is 914. The second-order valence-corrected chi connectivity index (χ2v) is 8.01. The van der Waals surface area contributed by atoms with Gasteiger partial charge >= 0.3 is 5.97 Å². The zero-order valence-electron chi connectivity index (χ0n) is 19.4. The molecule has 0 bridgehead atoms. The van der Waals surface area contributed by atoms with E-state index in [0.29, 0.717) is 12.1 Å². The Labute approximate surface area is 189 Å². The summed E-state index contributed by atoms with van der Waals surface area (Å²) in [6.45, 7) is 7.30. The first-order valence-electron chi connectivity index (χ1n) is 10.7. The molecule has 0 aromatic heterocycles. The van der Waals surface area contributed by atoms with Crippen LogP contribution in [-0.2, 0) is 20.7 Å². The molecule has 2 aromatic carbocycles. The van der Waals surface area contributed by atoms with Crippen LogP contribution < -0.4 is 10.1 Å². The normalized spacial score (nSPS) is 10.7. The molecular formula is C25H32N2O5. The van der Waals surface area contributed by atoms with Gasteiger partial charge in [0.05, 0.1) is 18.4 Å². The molecule has 0 unspecified atom stereocenters. The predicted molar refractivity (Wildman–Crippen MR) is 124 cm³/mol. The minimum atomic E-state index is -0.656. The van der Waals surface area contributed by atoms with E-state index < -0.39 is 5.97 Å². The molecule has 0 aliphatic heterocycles. The third-order valence-corrected chi connectivity index (χ3v) is 4.95. The Morgan fingerprint density at radius 3 is 2.16 bits per heavy atom. The van der Waals surface area contributed by atoms with Crippen molar-refractivity contribution in [1.82, 2.24) is 4.90 Å². The van der Waals surface area contributed by atoms with Crippen molar-refractivity contribution in [3.8, 4) is 5.75 Å². The number of anilines is 1. The van der Waals surface area contributed by atoms with E-state index in [-0.39, 0.29) is 42.5 Å². The van der Waals surface area contributed by atoms with Crippen LogP contribution in [0.1, 0.15) is 50.0 Å². The fourth-order valence-corrected chi connectivity index (χ4v) is 3.48. The van der Waals surface area contributed by atoms with Crippen LogP contribution in [0.2, 0.25) is 0 Å². The second-order valence-electron chi connectivity index (χ2n) is 8.01. The molecule has 0 saturated carbocycles. The summed E-state index contributed by atoms with van der Waals surface area (Å²) in [6, 6.07) is 14.1. The molecule has 2 rings (SSSR count). The van der Waals surface area contributed by atoms with Crippen LogP contribution in [0.5, 0.6) is 5.75 Å². The van der Waals surface area contributed by atoms with Crippen molar-refractivity contribution < 1.29 is 23.9 Å². The van der Waals surface area contributed by atoms with Gasteiger partial charge in [0.25, 0.3) is 5.91 Å². The van der Waals surface area contributed by atoms with Crippen molar-refractivity contribution in [2.24, 2.45) is 0 Å². The summed E-state index contributed by atoms with van der Waals surface area (Å²) < 4.78 is 10.4. The van der Waals surface area contributed by atoms with E-state index in [1.54, 1.807) is 36.3 Å². The molecule has 0 aliphatic rings. The van der Waals surface area contributed by atoms with Gasteiger partial charge in [0.1, 0.15) is 5.75 Å². The number of hydrogen-bond acceptors (Lipinski definition) is 5. The Hall–Kier alpha value is -3.35. The van der Waals surface area contributed by atoms with E-state index in [2.05, 4.69) is 5.32 Å². The van der Waals surface area contributed by atoms with Gasteiger partial charge in [-0.05, 0) is 63.9 Å². The highest BCUT2D eigenvalue weighted by molar-refractivity contribution is 6.01. The zero-order chi connectivity index (χ0) is 23.7. The number of methoxy groups -OCH3 is 1. The highest BCUT2D eigenvalue weighted by Crippen LogP contribution is 2.18. The number of esters is 1. The smallest absolute Gasteiger partial charge is 0.340 e. The van der Waals surface area contributed by atoms with Gasteiger partial charge in [0.2, 0.25) is 5.91 Å². The number of hydrogen-bond donors (Lipinski definition) is 1. The highest BCUT2D eigenvalue weighted by atomic mass is 16.5. The van der Waals surface area contributed by atoms with Gasteiger partial charge in [-0.15, -0.1) is 0 Å². The van der Waals surface area contributed by atoms with E-state index in [0.717, 1.165) is 11.3 Å². The number of para-hydroxylation sites is 1. The highest BCUT2D eigenvalue weighted by Gasteiger charge is 2.22. The van der Waals surface area contributed by atoms with Crippen molar-refractivity contribution in [2.75, 3.05) is 19.0 Å². The number of aryl methyl sites for hydroxylation is 1. The number of nitrogens with one attached hydrogen (secondary N) is 1. The predicted octanol–water partition coefficient (Wildman–Crippen LogP) is 4.07.